The average Bonchev–Trinajstić information content (AvgIpc) is 3.54. The maximum Gasteiger partial charge on any atom is 0.325 e. The van der Waals surface area contributed by atoms with Crippen molar-refractivity contribution in [1.82, 2.24) is 9.62 Å². The summed E-state index contributed by atoms with van der Waals surface area (Å²) in [6.07, 6.45) is 0.0690. The standard InChI is InChI=1S/C26H25ClN2O6S/c1-29(2)16-24(30)35-21-5-3-4-19(14-21)23-15-26(23,25(31)32)28-36(33,34)22-12-8-18(9-13-22)17-6-10-20(27)11-7-17/h3-14,23,28H,15-16H2,1-2H3,(H,31,32). The molecule has 0 radical (unpaired) electrons. The quantitative estimate of drug-likeness (QED) is 0.321. The Kier molecular flexibility index (Phi) is 7.19. The van der Waals surface area contributed by atoms with Gasteiger partial charge in [-0.2, -0.15) is 4.72 Å². The fourth-order valence-corrected chi connectivity index (χ4v) is 5.57. The van der Waals surface area contributed by atoms with E-state index in [1.807, 2.05) is 12.1 Å². The van der Waals surface area contributed by atoms with Crippen LogP contribution in [0.5, 0.6) is 5.75 Å². The van der Waals surface area contributed by atoms with Gasteiger partial charge in [-0.25, -0.2) is 8.42 Å². The van der Waals surface area contributed by atoms with E-state index in [0.29, 0.717) is 10.6 Å². The molecule has 2 unspecified atom stereocenters. The van der Waals surface area contributed by atoms with Gasteiger partial charge in [-0.3, -0.25) is 14.5 Å². The summed E-state index contributed by atoms with van der Waals surface area (Å²) in [5, 5.41) is 10.5. The zero-order valence-corrected chi connectivity index (χ0v) is 21.2. The first kappa shape index (κ1) is 25.8. The summed E-state index contributed by atoms with van der Waals surface area (Å²) in [6.45, 7) is 0.0866. The largest absolute Gasteiger partial charge is 0.480 e. The fourth-order valence-electron chi connectivity index (χ4n) is 4.04. The zero-order chi connectivity index (χ0) is 26.1. The first-order chi connectivity index (χ1) is 17.0. The topological polar surface area (TPSA) is 113 Å². The molecule has 1 fully saturated rings. The number of likely N-dealkylation sites (N-methyl/N-ethyl adjacent to an activating group) is 1. The molecule has 0 spiro atoms. The van der Waals surface area contributed by atoms with E-state index in [0.717, 1.165) is 11.1 Å². The number of carbonyl (C=O) groups excluding carboxylic acids is 1. The van der Waals surface area contributed by atoms with E-state index < -0.39 is 33.4 Å². The van der Waals surface area contributed by atoms with Crippen LogP contribution in [0, 0.1) is 0 Å². The number of carboxylic acid groups (broad SMARTS) is 1. The molecule has 1 aliphatic rings. The van der Waals surface area contributed by atoms with Gasteiger partial charge in [-0.05, 0) is 73.6 Å². The van der Waals surface area contributed by atoms with Crippen molar-refractivity contribution in [2.75, 3.05) is 20.6 Å². The van der Waals surface area contributed by atoms with E-state index in [9.17, 15) is 23.1 Å². The maximum atomic E-state index is 13.1. The van der Waals surface area contributed by atoms with Gasteiger partial charge in [0.25, 0.3) is 0 Å². The Labute approximate surface area is 214 Å². The minimum Gasteiger partial charge on any atom is -0.480 e. The first-order valence-electron chi connectivity index (χ1n) is 11.1. The smallest absolute Gasteiger partial charge is 0.325 e. The minimum atomic E-state index is -4.13. The highest BCUT2D eigenvalue weighted by molar-refractivity contribution is 7.89. The van der Waals surface area contributed by atoms with Gasteiger partial charge >= 0.3 is 11.9 Å². The summed E-state index contributed by atoms with van der Waals surface area (Å²) in [5.74, 6) is -2.08. The number of esters is 1. The number of carbonyl (C=O) groups is 2. The third-order valence-electron chi connectivity index (χ3n) is 5.94. The van der Waals surface area contributed by atoms with Crippen molar-refractivity contribution in [2.24, 2.45) is 0 Å². The fraction of sp³-hybridized carbons (Fsp3) is 0.231. The van der Waals surface area contributed by atoms with Crippen molar-refractivity contribution in [1.29, 1.82) is 0 Å². The lowest BCUT2D eigenvalue weighted by Gasteiger charge is -2.16. The van der Waals surface area contributed by atoms with Crippen LogP contribution in [0.2, 0.25) is 5.02 Å². The van der Waals surface area contributed by atoms with Crippen molar-refractivity contribution < 1.29 is 27.9 Å². The average molecular weight is 529 g/mol. The Morgan fingerprint density at radius 2 is 1.67 bits per heavy atom. The SMILES string of the molecule is CN(C)CC(=O)Oc1cccc(C2CC2(NS(=O)(=O)c2ccc(-c3ccc(Cl)cc3)cc2)C(=O)O)c1. The number of ether oxygens (including phenoxy) is 1. The molecule has 8 nitrogen and oxygen atoms in total. The van der Waals surface area contributed by atoms with Crippen molar-refractivity contribution in [3.63, 3.8) is 0 Å². The Hall–Kier alpha value is -3.24. The molecule has 2 atom stereocenters. The molecule has 0 heterocycles. The third kappa shape index (κ3) is 5.60. The Morgan fingerprint density at radius 1 is 1.06 bits per heavy atom. The molecule has 0 amide bonds. The second-order valence-electron chi connectivity index (χ2n) is 8.95. The molecule has 36 heavy (non-hydrogen) atoms. The number of nitrogens with one attached hydrogen (secondary N) is 1. The summed E-state index contributed by atoms with van der Waals surface area (Å²) < 4.78 is 33.9. The lowest BCUT2D eigenvalue weighted by atomic mass is 10.1. The zero-order valence-electron chi connectivity index (χ0n) is 19.6. The molecule has 3 aromatic carbocycles. The second-order valence-corrected chi connectivity index (χ2v) is 11.1. The van der Waals surface area contributed by atoms with Crippen LogP contribution in [0.1, 0.15) is 17.9 Å². The van der Waals surface area contributed by atoms with Crippen molar-refractivity contribution >= 4 is 33.6 Å². The van der Waals surface area contributed by atoms with Crippen LogP contribution >= 0.6 is 11.6 Å². The van der Waals surface area contributed by atoms with Crippen LogP contribution in [-0.4, -0.2) is 56.5 Å². The Morgan fingerprint density at radius 3 is 2.25 bits per heavy atom. The number of sulfonamides is 1. The number of halogens is 1. The number of rotatable bonds is 9. The highest BCUT2D eigenvalue weighted by Gasteiger charge is 2.63. The van der Waals surface area contributed by atoms with Crippen LogP contribution in [-0.2, 0) is 19.6 Å². The number of hydrogen-bond acceptors (Lipinski definition) is 6. The van der Waals surface area contributed by atoms with Crippen molar-refractivity contribution in [2.45, 2.75) is 22.8 Å². The van der Waals surface area contributed by atoms with E-state index in [1.165, 1.54) is 12.1 Å². The molecule has 1 saturated carbocycles. The van der Waals surface area contributed by atoms with Gasteiger partial charge in [-0.1, -0.05) is 48.0 Å². The van der Waals surface area contributed by atoms with Gasteiger partial charge < -0.3 is 9.84 Å². The number of aliphatic carboxylic acids is 1. The number of carboxylic acids is 1. The number of benzene rings is 3. The van der Waals surface area contributed by atoms with E-state index in [2.05, 4.69) is 4.72 Å². The number of hydrogen-bond donors (Lipinski definition) is 2. The molecular formula is C26H25ClN2O6S. The lowest BCUT2D eigenvalue weighted by Crippen LogP contribution is -2.44. The van der Waals surface area contributed by atoms with Gasteiger partial charge in [0.15, 0.2) is 0 Å². The predicted molar refractivity (Wildman–Crippen MR) is 136 cm³/mol. The van der Waals surface area contributed by atoms with Gasteiger partial charge in [0.05, 0.1) is 11.4 Å². The summed E-state index contributed by atoms with van der Waals surface area (Å²) in [7, 11) is -0.659. The van der Waals surface area contributed by atoms with Crippen molar-refractivity contribution in [3.8, 4) is 16.9 Å². The van der Waals surface area contributed by atoms with E-state index >= 15 is 0 Å². The first-order valence-corrected chi connectivity index (χ1v) is 12.9. The number of nitrogens with zero attached hydrogens (tertiary/aromatic N) is 1. The maximum absolute atomic E-state index is 13.1. The lowest BCUT2D eigenvalue weighted by molar-refractivity contribution is -0.140. The minimum absolute atomic E-state index is 0.0437. The van der Waals surface area contributed by atoms with Gasteiger partial charge in [0.2, 0.25) is 10.0 Å². The van der Waals surface area contributed by atoms with E-state index in [1.54, 1.807) is 67.5 Å². The molecule has 0 aliphatic heterocycles. The molecular weight excluding hydrogens is 504 g/mol. The summed E-state index contributed by atoms with van der Waals surface area (Å²) in [6, 6.07) is 19.8. The molecule has 0 aromatic heterocycles. The van der Waals surface area contributed by atoms with E-state index in [4.69, 9.17) is 16.3 Å². The van der Waals surface area contributed by atoms with Crippen LogP contribution in [0.4, 0.5) is 0 Å². The molecule has 4 rings (SSSR count). The second kappa shape index (κ2) is 10.0. The molecule has 1 aliphatic carbocycles. The highest BCUT2D eigenvalue weighted by Crippen LogP contribution is 2.53. The Balaban J connectivity index is 1.52. The van der Waals surface area contributed by atoms with Gasteiger partial charge in [-0.15, -0.1) is 0 Å². The molecule has 3 aromatic rings. The van der Waals surface area contributed by atoms with Crippen LogP contribution in [0.15, 0.2) is 77.7 Å². The molecule has 188 valence electrons. The summed E-state index contributed by atoms with van der Waals surface area (Å²) in [5.41, 5.74) is 0.531. The highest BCUT2D eigenvalue weighted by atomic mass is 35.5. The monoisotopic (exact) mass is 528 g/mol. The molecule has 10 heteroatoms. The molecule has 0 saturated heterocycles. The van der Waals surface area contributed by atoms with Gasteiger partial charge in [0.1, 0.15) is 11.3 Å². The van der Waals surface area contributed by atoms with Crippen molar-refractivity contribution in [3.05, 3.63) is 83.4 Å². The van der Waals surface area contributed by atoms with Crippen LogP contribution in [0.25, 0.3) is 11.1 Å². The third-order valence-corrected chi connectivity index (χ3v) is 7.72. The van der Waals surface area contributed by atoms with Crippen LogP contribution < -0.4 is 9.46 Å². The normalized spacial score (nSPS) is 19.2. The van der Waals surface area contributed by atoms with Gasteiger partial charge in [0, 0.05) is 10.9 Å². The predicted octanol–water partition coefficient (Wildman–Crippen LogP) is 3.76. The molecule has 2 N–H and O–H groups in total. The van der Waals surface area contributed by atoms with E-state index in [-0.39, 0.29) is 23.6 Å². The Bertz CT molecular complexity index is 1390. The molecule has 0 bridgehead atoms. The van der Waals surface area contributed by atoms with Crippen LogP contribution in [0.3, 0.4) is 0 Å². The summed E-state index contributed by atoms with van der Waals surface area (Å²) >= 11 is 5.92. The summed E-state index contributed by atoms with van der Waals surface area (Å²) in [4.78, 5) is 25.8.